The number of carbonyl (C=O) groups excluding carboxylic acids is 1. The third-order valence-electron chi connectivity index (χ3n) is 3.34. The minimum atomic E-state index is -2.46. The molecule has 2 N–H and O–H groups in total. The van der Waals surface area contributed by atoms with E-state index in [1.807, 2.05) is 0 Å². The molecule has 4 nitrogen and oxygen atoms in total. The second-order valence-corrected chi connectivity index (χ2v) is 4.77. The number of nitrogens with zero attached hydrogens (tertiary/aromatic N) is 1. The maximum Gasteiger partial charge on any atom is 0.267 e. The van der Waals surface area contributed by atoms with Gasteiger partial charge >= 0.3 is 0 Å². The zero-order chi connectivity index (χ0) is 13.7. The van der Waals surface area contributed by atoms with E-state index in [0.29, 0.717) is 18.3 Å². The third kappa shape index (κ3) is 4.02. The Morgan fingerprint density at radius 1 is 1.58 bits per heavy atom. The Balaban J connectivity index is 1.80. The normalized spacial score (nSPS) is 19.0. The summed E-state index contributed by atoms with van der Waals surface area (Å²) in [5, 5.41) is 6.13. The summed E-state index contributed by atoms with van der Waals surface area (Å²) in [6, 6.07) is 3.63. The molecule has 0 aliphatic carbocycles. The van der Waals surface area contributed by atoms with Crippen molar-refractivity contribution >= 4 is 5.91 Å². The van der Waals surface area contributed by atoms with Crippen LogP contribution >= 0.6 is 0 Å². The maximum absolute atomic E-state index is 12.3. The average Bonchev–Trinajstić information content (AvgIpc) is 2.99. The molecular weight excluding hydrogens is 252 g/mol. The highest BCUT2D eigenvalue weighted by molar-refractivity contribution is 5.92. The molecule has 0 radical (unpaired) electrons. The van der Waals surface area contributed by atoms with Crippen LogP contribution in [-0.2, 0) is 6.54 Å². The lowest BCUT2D eigenvalue weighted by molar-refractivity contribution is 0.0929. The van der Waals surface area contributed by atoms with Gasteiger partial charge in [-0.1, -0.05) is 0 Å². The van der Waals surface area contributed by atoms with E-state index < -0.39 is 13.0 Å². The van der Waals surface area contributed by atoms with Gasteiger partial charge in [0.25, 0.3) is 12.3 Å². The first-order chi connectivity index (χ1) is 9.16. The Morgan fingerprint density at radius 3 is 3.11 bits per heavy atom. The van der Waals surface area contributed by atoms with Gasteiger partial charge in [0.05, 0.1) is 6.54 Å². The van der Waals surface area contributed by atoms with Gasteiger partial charge in [-0.3, -0.25) is 4.79 Å². The average molecular weight is 271 g/mol. The standard InChI is InChI=1S/C13H19F2N3O/c14-12(15)9-18-8-2-4-11(18)13(19)17-7-5-10-3-1-6-16-10/h2,4,8,10,12,16H,1,3,5-7,9H2,(H,17,19). The molecule has 6 heteroatoms. The van der Waals surface area contributed by atoms with Gasteiger partial charge in [0.2, 0.25) is 0 Å². The Hall–Kier alpha value is -1.43. The van der Waals surface area contributed by atoms with Crippen LogP contribution < -0.4 is 10.6 Å². The van der Waals surface area contributed by atoms with E-state index in [-0.39, 0.29) is 5.91 Å². The molecular formula is C13H19F2N3O. The van der Waals surface area contributed by atoms with Crippen LogP contribution in [0.3, 0.4) is 0 Å². The number of halogens is 2. The molecule has 1 saturated heterocycles. The molecule has 106 valence electrons. The van der Waals surface area contributed by atoms with Crippen LogP contribution in [0.5, 0.6) is 0 Å². The molecule has 0 bridgehead atoms. The monoisotopic (exact) mass is 271 g/mol. The van der Waals surface area contributed by atoms with Crippen molar-refractivity contribution in [3.63, 3.8) is 0 Å². The molecule has 0 aromatic carbocycles. The van der Waals surface area contributed by atoms with Crippen LogP contribution in [0.25, 0.3) is 0 Å². The lowest BCUT2D eigenvalue weighted by Gasteiger charge is -2.12. The smallest absolute Gasteiger partial charge is 0.267 e. The number of amides is 1. The minimum absolute atomic E-state index is 0.288. The summed E-state index contributed by atoms with van der Waals surface area (Å²) in [6.07, 6.45) is 2.23. The van der Waals surface area contributed by atoms with Crippen molar-refractivity contribution in [1.82, 2.24) is 15.2 Å². The van der Waals surface area contributed by atoms with Crippen LogP contribution in [0.15, 0.2) is 18.3 Å². The number of carbonyl (C=O) groups is 1. The highest BCUT2D eigenvalue weighted by atomic mass is 19.3. The van der Waals surface area contributed by atoms with Crippen molar-refractivity contribution in [2.45, 2.75) is 38.3 Å². The number of aromatic nitrogens is 1. The molecule has 1 fully saturated rings. The predicted molar refractivity (Wildman–Crippen MR) is 68.4 cm³/mol. The molecule has 0 saturated carbocycles. The SMILES string of the molecule is O=C(NCCC1CCCN1)c1cccn1CC(F)F. The molecule has 2 heterocycles. The summed E-state index contributed by atoms with van der Waals surface area (Å²) in [5.41, 5.74) is 0.291. The second kappa shape index (κ2) is 6.65. The van der Waals surface area contributed by atoms with Gasteiger partial charge in [-0.05, 0) is 37.9 Å². The fraction of sp³-hybridized carbons (Fsp3) is 0.615. The maximum atomic E-state index is 12.3. The van der Waals surface area contributed by atoms with Crippen molar-refractivity contribution < 1.29 is 13.6 Å². The molecule has 1 aromatic heterocycles. The van der Waals surface area contributed by atoms with E-state index in [9.17, 15) is 13.6 Å². The molecule has 1 unspecified atom stereocenters. The van der Waals surface area contributed by atoms with Crippen molar-refractivity contribution in [2.24, 2.45) is 0 Å². The second-order valence-electron chi connectivity index (χ2n) is 4.77. The van der Waals surface area contributed by atoms with Crippen molar-refractivity contribution in [2.75, 3.05) is 13.1 Å². The summed E-state index contributed by atoms with van der Waals surface area (Å²) < 4.78 is 26.0. The van der Waals surface area contributed by atoms with E-state index in [1.165, 1.54) is 17.2 Å². The first-order valence-electron chi connectivity index (χ1n) is 6.61. The molecule has 1 aliphatic heterocycles. The van der Waals surface area contributed by atoms with E-state index >= 15 is 0 Å². The van der Waals surface area contributed by atoms with Gasteiger partial charge in [0.15, 0.2) is 0 Å². The van der Waals surface area contributed by atoms with Crippen LogP contribution in [-0.4, -0.2) is 36.0 Å². The van der Waals surface area contributed by atoms with Crippen LogP contribution in [0.2, 0.25) is 0 Å². The third-order valence-corrected chi connectivity index (χ3v) is 3.34. The summed E-state index contributed by atoms with van der Waals surface area (Å²) in [5.74, 6) is -0.288. The zero-order valence-electron chi connectivity index (χ0n) is 10.7. The van der Waals surface area contributed by atoms with Crippen LogP contribution in [0, 0.1) is 0 Å². The number of hydrogen-bond acceptors (Lipinski definition) is 2. The number of rotatable bonds is 6. The van der Waals surface area contributed by atoms with Crippen molar-refractivity contribution in [3.8, 4) is 0 Å². The molecule has 0 spiro atoms. The summed E-state index contributed by atoms with van der Waals surface area (Å²) >= 11 is 0. The Kier molecular flexibility index (Phi) is 4.90. The van der Waals surface area contributed by atoms with E-state index in [1.54, 1.807) is 12.1 Å². The lowest BCUT2D eigenvalue weighted by atomic mass is 10.1. The minimum Gasteiger partial charge on any atom is -0.351 e. The van der Waals surface area contributed by atoms with Gasteiger partial charge in [-0.25, -0.2) is 8.78 Å². The lowest BCUT2D eigenvalue weighted by Crippen LogP contribution is -2.31. The molecule has 1 aromatic rings. The number of alkyl halides is 2. The van der Waals surface area contributed by atoms with Gasteiger partial charge in [-0.15, -0.1) is 0 Å². The first kappa shape index (κ1) is 14.0. The van der Waals surface area contributed by atoms with E-state index in [2.05, 4.69) is 10.6 Å². The highest BCUT2D eigenvalue weighted by Crippen LogP contribution is 2.09. The quantitative estimate of drug-likeness (QED) is 0.826. The van der Waals surface area contributed by atoms with Crippen molar-refractivity contribution in [3.05, 3.63) is 24.0 Å². The van der Waals surface area contributed by atoms with Crippen LogP contribution in [0.1, 0.15) is 29.8 Å². The Morgan fingerprint density at radius 2 is 2.42 bits per heavy atom. The predicted octanol–water partition coefficient (Wildman–Crippen LogP) is 1.63. The summed E-state index contributed by atoms with van der Waals surface area (Å²) in [7, 11) is 0. The van der Waals surface area contributed by atoms with Gasteiger partial charge in [0, 0.05) is 18.8 Å². The van der Waals surface area contributed by atoms with Gasteiger partial charge in [-0.2, -0.15) is 0 Å². The van der Waals surface area contributed by atoms with E-state index in [0.717, 1.165) is 19.4 Å². The molecule has 1 amide bonds. The zero-order valence-corrected chi connectivity index (χ0v) is 10.7. The number of hydrogen-bond donors (Lipinski definition) is 2. The van der Waals surface area contributed by atoms with E-state index in [4.69, 9.17) is 0 Å². The van der Waals surface area contributed by atoms with Crippen molar-refractivity contribution in [1.29, 1.82) is 0 Å². The molecule has 1 aliphatic rings. The van der Waals surface area contributed by atoms with Gasteiger partial charge in [0.1, 0.15) is 5.69 Å². The first-order valence-corrected chi connectivity index (χ1v) is 6.61. The Labute approximate surface area is 111 Å². The highest BCUT2D eigenvalue weighted by Gasteiger charge is 2.16. The summed E-state index contributed by atoms with van der Waals surface area (Å²) in [6.45, 7) is 1.16. The number of nitrogens with one attached hydrogen (secondary N) is 2. The summed E-state index contributed by atoms with van der Waals surface area (Å²) in [4.78, 5) is 11.9. The fourth-order valence-corrected chi connectivity index (χ4v) is 2.38. The van der Waals surface area contributed by atoms with Gasteiger partial charge < -0.3 is 15.2 Å². The van der Waals surface area contributed by atoms with Crippen LogP contribution in [0.4, 0.5) is 8.78 Å². The molecule has 19 heavy (non-hydrogen) atoms. The largest absolute Gasteiger partial charge is 0.351 e. The molecule has 2 rings (SSSR count). The molecule has 1 atom stereocenters. The Bertz CT molecular complexity index is 414. The topological polar surface area (TPSA) is 46.1 Å². The fourth-order valence-electron chi connectivity index (χ4n) is 2.38.